The number of benzene rings is 1. The van der Waals surface area contributed by atoms with E-state index in [-0.39, 0.29) is 11.8 Å². The highest BCUT2D eigenvalue weighted by atomic mass is 16.5. The Balaban J connectivity index is 1.97. The monoisotopic (exact) mass is 332 g/mol. The lowest BCUT2D eigenvalue weighted by atomic mass is 9.85. The summed E-state index contributed by atoms with van der Waals surface area (Å²) in [6.45, 7) is 6.20. The molecule has 2 rings (SSSR count). The van der Waals surface area contributed by atoms with Gasteiger partial charge < -0.3 is 15.4 Å². The highest BCUT2D eigenvalue weighted by Crippen LogP contribution is 2.23. The molecule has 1 saturated heterocycles. The lowest BCUT2D eigenvalue weighted by molar-refractivity contribution is -0.147. The Morgan fingerprint density at radius 1 is 1.33 bits per heavy atom. The van der Waals surface area contributed by atoms with Crippen molar-refractivity contribution in [3.05, 3.63) is 35.9 Å². The van der Waals surface area contributed by atoms with Crippen LogP contribution < -0.4 is 10.6 Å². The molecule has 1 aromatic rings. The number of hydrogen-bond donors (Lipinski definition) is 2. The molecule has 1 fully saturated rings. The maximum absolute atomic E-state index is 12.4. The Morgan fingerprint density at radius 2 is 2.08 bits per heavy atom. The van der Waals surface area contributed by atoms with Crippen molar-refractivity contribution in [2.75, 3.05) is 19.7 Å². The molecule has 0 aromatic heterocycles. The molecule has 2 unspecified atom stereocenters. The van der Waals surface area contributed by atoms with E-state index in [2.05, 4.69) is 17.6 Å². The minimum absolute atomic E-state index is 0.102. The van der Waals surface area contributed by atoms with Crippen LogP contribution in [0.25, 0.3) is 0 Å². The van der Waals surface area contributed by atoms with E-state index in [0.717, 1.165) is 31.5 Å². The van der Waals surface area contributed by atoms with Crippen LogP contribution in [0.1, 0.15) is 44.7 Å². The van der Waals surface area contributed by atoms with Gasteiger partial charge in [-0.25, -0.2) is 4.79 Å². The van der Waals surface area contributed by atoms with Crippen LogP contribution in [-0.2, 0) is 14.3 Å². The van der Waals surface area contributed by atoms with Crippen molar-refractivity contribution in [1.82, 2.24) is 10.6 Å². The van der Waals surface area contributed by atoms with Gasteiger partial charge in [0.05, 0.1) is 6.61 Å². The SMILES string of the molecule is CCOC(=O)[C@H](NC(=O)CC(C)C1CCCNC1)c1ccccc1. The molecule has 0 saturated carbocycles. The average molecular weight is 332 g/mol. The van der Waals surface area contributed by atoms with Crippen molar-refractivity contribution in [3.8, 4) is 0 Å². The van der Waals surface area contributed by atoms with Gasteiger partial charge >= 0.3 is 5.97 Å². The third kappa shape index (κ3) is 5.34. The van der Waals surface area contributed by atoms with Crippen molar-refractivity contribution < 1.29 is 14.3 Å². The maximum Gasteiger partial charge on any atom is 0.333 e. The number of carbonyl (C=O) groups is 2. The zero-order valence-electron chi connectivity index (χ0n) is 14.6. The summed E-state index contributed by atoms with van der Waals surface area (Å²) in [6.07, 6.45) is 2.74. The smallest absolute Gasteiger partial charge is 0.333 e. The van der Waals surface area contributed by atoms with Gasteiger partial charge in [0.2, 0.25) is 5.91 Å². The average Bonchev–Trinajstić information content (AvgIpc) is 2.61. The molecule has 5 nitrogen and oxygen atoms in total. The molecule has 0 bridgehead atoms. The van der Waals surface area contributed by atoms with Crippen LogP contribution in [0.2, 0.25) is 0 Å². The number of amides is 1. The number of nitrogens with one attached hydrogen (secondary N) is 2. The number of carbonyl (C=O) groups excluding carboxylic acids is 2. The lowest BCUT2D eigenvalue weighted by Crippen LogP contribution is -2.38. The Kier molecular flexibility index (Phi) is 7.25. The third-order valence-electron chi connectivity index (χ3n) is 4.61. The molecule has 1 aliphatic rings. The summed E-state index contributed by atoms with van der Waals surface area (Å²) >= 11 is 0. The highest BCUT2D eigenvalue weighted by molar-refractivity contribution is 5.85. The van der Waals surface area contributed by atoms with E-state index in [1.54, 1.807) is 6.92 Å². The van der Waals surface area contributed by atoms with Crippen molar-refractivity contribution in [2.45, 2.75) is 39.2 Å². The van der Waals surface area contributed by atoms with Crippen LogP contribution in [-0.4, -0.2) is 31.6 Å². The Hall–Kier alpha value is -1.88. The fourth-order valence-electron chi connectivity index (χ4n) is 3.19. The van der Waals surface area contributed by atoms with Gasteiger partial charge in [0.1, 0.15) is 0 Å². The van der Waals surface area contributed by atoms with E-state index in [0.29, 0.717) is 18.9 Å². The van der Waals surface area contributed by atoms with Crippen LogP contribution in [0.3, 0.4) is 0 Å². The highest BCUT2D eigenvalue weighted by Gasteiger charge is 2.27. The van der Waals surface area contributed by atoms with Crippen molar-refractivity contribution >= 4 is 11.9 Å². The van der Waals surface area contributed by atoms with E-state index in [9.17, 15) is 9.59 Å². The second-order valence-corrected chi connectivity index (χ2v) is 6.45. The van der Waals surface area contributed by atoms with Crippen LogP contribution in [0.5, 0.6) is 0 Å². The molecule has 2 N–H and O–H groups in total. The summed E-state index contributed by atoms with van der Waals surface area (Å²) in [4.78, 5) is 24.7. The first-order valence-corrected chi connectivity index (χ1v) is 8.83. The minimum atomic E-state index is -0.740. The van der Waals surface area contributed by atoms with Crippen LogP contribution in [0.4, 0.5) is 0 Å². The van der Waals surface area contributed by atoms with Crippen molar-refractivity contribution in [3.63, 3.8) is 0 Å². The van der Waals surface area contributed by atoms with E-state index in [4.69, 9.17) is 4.74 Å². The zero-order chi connectivity index (χ0) is 17.4. The zero-order valence-corrected chi connectivity index (χ0v) is 14.6. The van der Waals surface area contributed by atoms with E-state index in [1.807, 2.05) is 30.3 Å². The van der Waals surface area contributed by atoms with Gasteiger partial charge in [0.25, 0.3) is 0 Å². The quantitative estimate of drug-likeness (QED) is 0.753. The molecule has 1 heterocycles. The first-order valence-electron chi connectivity index (χ1n) is 8.83. The van der Waals surface area contributed by atoms with Gasteiger partial charge in [-0.3, -0.25) is 4.79 Å². The number of ether oxygens (including phenoxy) is 1. The van der Waals surface area contributed by atoms with Crippen molar-refractivity contribution in [2.24, 2.45) is 11.8 Å². The standard InChI is InChI=1S/C19H28N2O3/c1-3-24-19(23)18(15-8-5-4-6-9-15)21-17(22)12-14(2)16-10-7-11-20-13-16/h4-6,8-9,14,16,18,20H,3,7,10-13H2,1-2H3,(H,21,22)/t14?,16?,18-/m1/s1. The summed E-state index contributed by atoms with van der Waals surface area (Å²) < 4.78 is 5.12. The van der Waals surface area contributed by atoms with Gasteiger partial charge in [0.15, 0.2) is 6.04 Å². The number of piperidine rings is 1. The van der Waals surface area contributed by atoms with Crippen molar-refractivity contribution in [1.29, 1.82) is 0 Å². The molecule has 1 amide bonds. The van der Waals surface area contributed by atoms with E-state index < -0.39 is 12.0 Å². The molecule has 24 heavy (non-hydrogen) atoms. The summed E-state index contributed by atoms with van der Waals surface area (Å²) in [7, 11) is 0. The van der Waals surface area contributed by atoms with Gasteiger partial charge in [0, 0.05) is 6.42 Å². The maximum atomic E-state index is 12.4. The van der Waals surface area contributed by atoms with E-state index >= 15 is 0 Å². The van der Waals surface area contributed by atoms with Gasteiger partial charge in [-0.15, -0.1) is 0 Å². The molecule has 132 valence electrons. The predicted octanol–water partition coefficient (Wildman–Crippen LogP) is 2.43. The summed E-state index contributed by atoms with van der Waals surface area (Å²) in [5.41, 5.74) is 0.747. The molecule has 0 aliphatic carbocycles. The van der Waals surface area contributed by atoms with E-state index in [1.165, 1.54) is 0 Å². The molecule has 5 heteroatoms. The first-order chi connectivity index (χ1) is 11.6. The summed E-state index contributed by atoms with van der Waals surface area (Å²) in [5.74, 6) is 0.290. The Labute approximate surface area is 144 Å². The van der Waals surface area contributed by atoms with Gasteiger partial charge in [-0.1, -0.05) is 37.3 Å². The molecular weight excluding hydrogens is 304 g/mol. The molecule has 1 aromatic carbocycles. The summed E-state index contributed by atoms with van der Waals surface area (Å²) in [6, 6.07) is 8.50. The Bertz CT molecular complexity index is 527. The number of rotatable bonds is 7. The second-order valence-electron chi connectivity index (χ2n) is 6.45. The van der Waals surface area contributed by atoms with Crippen LogP contribution >= 0.6 is 0 Å². The topological polar surface area (TPSA) is 67.4 Å². The molecule has 1 aliphatic heterocycles. The number of hydrogen-bond acceptors (Lipinski definition) is 4. The second kappa shape index (κ2) is 9.42. The first kappa shape index (κ1) is 18.5. The fraction of sp³-hybridized carbons (Fsp3) is 0.579. The molecule has 3 atom stereocenters. The largest absolute Gasteiger partial charge is 0.464 e. The molecule has 0 spiro atoms. The third-order valence-corrected chi connectivity index (χ3v) is 4.61. The fourth-order valence-corrected chi connectivity index (χ4v) is 3.19. The number of esters is 1. The van der Waals surface area contributed by atoms with Crippen LogP contribution in [0.15, 0.2) is 30.3 Å². The minimum Gasteiger partial charge on any atom is -0.464 e. The molecular formula is C19H28N2O3. The summed E-state index contributed by atoms with van der Waals surface area (Å²) in [5, 5.41) is 6.24. The van der Waals surface area contributed by atoms with Gasteiger partial charge in [-0.05, 0) is 50.3 Å². The molecule has 0 radical (unpaired) electrons. The Morgan fingerprint density at radius 3 is 2.71 bits per heavy atom. The predicted molar refractivity (Wildman–Crippen MR) is 93.3 cm³/mol. The van der Waals surface area contributed by atoms with Gasteiger partial charge in [-0.2, -0.15) is 0 Å². The lowest BCUT2D eigenvalue weighted by Gasteiger charge is -2.28. The normalized spacial score (nSPS) is 20.0. The van der Waals surface area contributed by atoms with Crippen LogP contribution in [0, 0.1) is 11.8 Å².